The van der Waals surface area contributed by atoms with Gasteiger partial charge in [0.05, 0.1) is 30.1 Å². The molecule has 3 aromatic rings. The normalized spacial score (nSPS) is 14.8. The van der Waals surface area contributed by atoms with Crippen LogP contribution in [0.1, 0.15) is 30.0 Å². The molecule has 1 fully saturated rings. The first-order valence-electron chi connectivity index (χ1n) is 9.59. The number of ether oxygens (including phenoxy) is 1. The minimum atomic E-state index is -0.572. The number of rotatable bonds is 4. The van der Waals surface area contributed by atoms with Crippen molar-refractivity contribution in [2.24, 2.45) is 7.05 Å². The molecule has 0 radical (unpaired) electrons. The van der Waals surface area contributed by atoms with E-state index < -0.39 is 11.1 Å². The Balaban J connectivity index is 1.66. The number of anilines is 1. The molecule has 3 aromatic heterocycles. The van der Waals surface area contributed by atoms with E-state index in [1.54, 1.807) is 20.4 Å². The maximum Gasteiger partial charge on any atom is 0.318 e. The highest BCUT2D eigenvalue weighted by molar-refractivity contribution is 5.71. The molecule has 4 heterocycles. The number of fused-ring (bicyclic) bond motifs is 1. The third kappa shape index (κ3) is 3.44. The van der Waals surface area contributed by atoms with Gasteiger partial charge in [-0.3, -0.25) is 14.2 Å². The first kappa shape index (κ1) is 19.7. The fraction of sp³-hybridized carbons (Fsp3) is 0.400. The standard InChI is InChI=1S/C20H21N7O3/c1-25-16-7-13(12-30-2)9-22-17(16)27(19(29)18(25)28)15-3-5-26(6-4-15)20-23-10-14(8-21)11-24-20/h7,9-11,15H,3-6,12H2,1-2H3. The van der Waals surface area contributed by atoms with Crippen LogP contribution in [-0.2, 0) is 18.4 Å². The van der Waals surface area contributed by atoms with Crippen LogP contribution in [-0.4, -0.2) is 44.3 Å². The van der Waals surface area contributed by atoms with Crippen LogP contribution in [0.3, 0.4) is 0 Å². The van der Waals surface area contributed by atoms with Crippen LogP contribution in [0.4, 0.5) is 5.95 Å². The van der Waals surface area contributed by atoms with Gasteiger partial charge in [0.2, 0.25) is 5.95 Å². The zero-order valence-corrected chi connectivity index (χ0v) is 16.8. The molecule has 0 saturated carbocycles. The Morgan fingerprint density at radius 1 is 1.13 bits per heavy atom. The maximum atomic E-state index is 12.8. The van der Waals surface area contributed by atoms with Gasteiger partial charge in [0, 0.05) is 39.5 Å². The van der Waals surface area contributed by atoms with Crippen LogP contribution in [0.25, 0.3) is 11.2 Å². The van der Waals surface area contributed by atoms with Gasteiger partial charge in [-0.2, -0.15) is 5.26 Å². The SMILES string of the molecule is COCc1cnc2c(c1)n(C)c(=O)c(=O)n2C1CCN(c2ncc(C#N)cn2)CC1. The first-order valence-corrected chi connectivity index (χ1v) is 9.59. The van der Waals surface area contributed by atoms with Crippen LogP contribution < -0.4 is 16.0 Å². The molecule has 30 heavy (non-hydrogen) atoms. The molecular formula is C20H21N7O3. The Bertz CT molecular complexity index is 1230. The van der Waals surface area contributed by atoms with Crippen LogP contribution in [0.5, 0.6) is 0 Å². The second kappa shape index (κ2) is 8.04. The summed E-state index contributed by atoms with van der Waals surface area (Å²) in [6.07, 6.45) is 5.95. The summed E-state index contributed by atoms with van der Waals surface area (Å²) >= 11 is 0. The van der Waals surface area contributed by atoms with Gasteiger partial charge in [0.15, 0.2) is 5.65 Å². The fourth-order valence-electron chi connectivity index (χ4n) is 3.82. The summed E-state index contributed by atoms with van der Waals surface area (Å²) in [5.74, 6) is 0.552. The minimum absolute atomic E-state index is 0.149. The Morgan fingerprint density at radius 2 is 1.83 bits per heavy atom. The Labute approximate surface area is 172 Å². The fourth-order valence-corrected chi connectivity index (χ4v) is 3.82. The van der Waals surface area contributed by atoms with E-state index in [0.717, 1.165) is 5.56 Å². The Morgan fingerprint density at radius 3 is 2.47 bits per heavy atom. The van der Waals surface area contributed by atoms with E-state index >= 15 is 0 Å². The average molecular weight is 407 g/mol. The summed E-state index contributed by atoms with van der Waals surface area (Å²) in [5.41, 5.74) is 1.20. The quantitative estimate of drug-likeness (QED) is 0.581. The molecule has 10 heteroatoms. The molecule has 0 bridgehead atoms. The lowest BCUT2D eigenvalue weighted by atomic mass is 10.0. The van der Waals surface area contributed by atoms with E-state index in [4.69, 9.17) is 10.00 Å². The third-order valence-electron chi connectivity index (χ3n) is 5.39. The van der Waals surface area contributed by atoms with Crippen molar-refractivity contribution in [2.75, 3.05) is 25.1 Å². The predicted octanol–water partition coefficient (Wildman–Crippen LogP) is 0.745. The van der Waals surface area contributed by atoms with Crippen LogP contribution in [0, 0.1) is 11.3 Å². The molecule has 0 aromatic carbocycles. The zero-order chi connectivity index (χ0) is 21.3. The lowest BCUT2D eigenvalue weighted by Gasteiger charge is -2.33. The molecule has 1 aliphatic rings. The number of nitriles is 1. The minimum Gasteiger partial charge on any atom is -0.380 e. The van der Waals surface area contributed by atoms with Crippen LogP contribution >= 0.6 is 0 Å². The number of aromatic nitrogens is 5. The molecule has 0 aliphatic carbocycles. The highest BCUT2D eigenvalue weighted by atomic mass is 16.5. The summed E-state index contributed by atoms with van der Waals surface area (Å²) in [5, 5.41) is 8.88. The predicted molar refractivity (Wildman–Crippen MR) is 109 cm³/mol. The summed E-state index contributed by atoms with van der Waals surface area (Å²) in [7, 11) is 3.18. The molecule has 0 N–H and O–H groups in total. The summed E-state index contributed by atoms with van der Waals surface area (Å²) in [4.78, 5) is 40.4. The van der Waals surface area contributed by atoms with Gasteiger partial charge >= 0.3 is 11.1 Å². The van der Waals surface area contributed by atoms with Gasteiger partial charge in [-0.15, -0.1) is 0 Å². The third-order valence-corrected chi connectivity index (χ3v) is 5.39. The van der Waals surface area contributed by atoms with E-state index in [9.17, 15) is 9.59 Å². The molecule has 10 nitrogen and oxygen atoms in total. The molecular weight excluding hydrogens is 386 g/mol. The number of nitrogens with zero attached hydrogens (tertiary/aromatic N) is 7. The number of methoxy groups -OCH3 is 1. The van der Waals surface area contributed by atoms with Crippen LogP contribution in [0.15, 0.2) is 34.2 Å². The number of piperidine rings is 1. The van der Waals surface area contributed by atoms with E-state index in [1.807, 2.05) is 17.0 Å². The molecule has 154 valence electrons. The van der Waals surface area contributed by atoms with Crippen molar-refractivity contribution in [3.05, 3.63) is 56.5 Å². The van der Waals surface area contributed by atoms with Crippen molar-refractivity contribution in [3.63, 3.8) is 0 Å². The molecule has 4 rings (SSSR count). The van der Waals surface area contributed by atoms with E-state index in [0.29, 0.717) is 55.2 Å². The van der Waals surface area contributed by atoms with E-state index in [-0.39, 0.29) is 6.04 Å². The van der Waals surface area contributed by atoms with Crippen molar-refractivity contribution in [3.8, 4) is 6.07 Å². The molecule has 1 aliphatic heterocycles. The molecule has 0 amide bonds. The van der Waals surface area contributed by atoms with Crippen LogP contribution in [0.2, 0.25) is 0 Å². The average Bonchev–Trinajstić information content (AvgIpc) is 2.79. The largest absolute Gasteiger partial charge is 0.380 e. The summed E-state index contributed by atoms with van der Waals surface area (Å²) in [6, 6.07) is 3.69. The maximum absolute atomic E-state index is 12.8. The molecule has 0 spiro atoms. The number of pyridine rings is 1. The van der Waals surface area contributed by atoms with Gasteiger partial charge in [-0.25, -0.2) is 15.0 Å². The number of hydrogen-bond acceptors (Lipinski definition) is 8. The summed E-state index contributed by atoms with van der Waals surface area (Å²) < 4.78 is 8.03. The van der Waals surface area contributed by atoms with Crippen molar-refractivity contribution >= 4 is 17.1 Å². The smallest absolute Gasteiger partial charge is 0.318 e. The summed E-state index contributed by atoms with van der Waals surface area (Å²) in [6.45, 7) is 1.63. The molecule has 1 saturated heterocycles. The van der Waals surface area contributed by atoms with Crippen molar-refractivity contribution in [1.82, 2.24) is 24.1 Å². The number of aryl methyl sites for hydroxylation is 1. The highest BCUT2D eigenvalue weighted by Gasteiger charge is 2.26. The second-order valence-electron chi connectivity index (χ2n) is 7.26. The zero-order valence-electron chi connectivity index (χ0n) is 16.8. The Kier molecular flexibility index (Phi) is 5.29. The van der Waals surface area contributed by atoms with Gasteiger partial charge < -0.3 is 14.2 Å². The molecule has 0 unspecified atom stereocenters. The number of hydrogen-bond donors (Lipinski definition) is 0. The highest BCUT2D eigenvalue weighted by Crippen LogP contribution is 2.25. The molecule has 0 atom stereocenters. The van der Waals surface area contributed by atoms with E-state index in [1.165, 1.54) is 21.5 Å². The lowest BCUT2D eigenvalue weighted by Crippen LogP contribution is -2.45. The van der Waals surface area contributed by atoms with Crippen molar-refractivity contribution in [2.45, 2.75) is 25.5 Å². The first-order chi connectivity index (χ1) is 14.5. The Hall–Kier alpha value is -3.58. The van der Waals surface area contributed by atoms with Gasteiger partial charge in [0.1, 0.15) is 6.07 Å². The van der Waals surface area contributed by atoms with Gasteiger partial charge in [-0.1, -0.05) is 0 Å². The van der Waals surface area contributed by atoms with E-state index in [2.05, 4.69) is 15.0 Å². The van der Waals surface area contributed by atoms with Gasteiger partial charge in [-0.05, 0) is 24.5 Å². The monoisotopic (exact) mass is 407 g/mol. The lowest BCUT2D eigenvalue weighted by molar-refractivity contribution is 0.184. The topological polar surface area (TPSA) is 119 Å². The van der Waals surface area contributed by atoms with Crippen molar-refractivity contribution in [1.29, 1.82) is 5.26 Å². The van der Waals surface area contributed by atoms with Gasteiger partial charge in [0.25, 0.3) is 0 Å². The second-order valence-corrected chi connectivity index (χ2v) is 7.26. The van der Waals surface area contributed by atoms with Crippen molar-refractivity contribution < 1.29 is 4.74 Å².